The van der Waals surface area contributed by atoms with Crippen molar-refractivity contribution in [2.24, 2.45) is 0 Å². The molecule has 1 amide bonds. The Balaban J connectivity index is 1.65. The summed E-state index contributed by atoms with van der Waals surface area (Å²) in [4.78, 5) is 17.8. The van der Waals surface area contributed by atoms with Crippen LogP contribution >= 0.6 is 22.9 Å². The molecule has 1 fully saturated rings. The summed E-state index contributed by atoms with van der Waals surface area (Å²) in [5.41, 5.74) is 3.57. The molecule has 1 aliphatic rings. The van der Waals surface area contributed by atoms with Crippen molar-refractivity contribution in [2.75, 3.05) is 19.7 Å². The number of fused-ring (bicyclic) bond motifs is 1. The second-order valence-corrected chi connectivity index (χ2v) is 8.56. The van der Waals surface area contributed by atoms with Crippen molar-refractivity contribution in [1.29, 1.82) is 0 Å². The van der Waals surface area contributed by atoms with Crippen LogP contribution in [-0.2, 0) is 10.5 Å². The van der Waals surface area contributed by atoms with Crippen molar-refractivity contribution >= 4 is 39.2 Å². The van der Waals surface area contributed by atoms with Crippen LogP contribution in [0.4, 0.5) is 9.18 Å². The summed E-state index contributed by atoms with van der Waals surface area (Å²) >= 11 is 7.94. The van der Waals surface area contributed by atoms with Gasteiger partial charge in [0.2, 0.25) is 5.79 Å². The Morgan fingerprint density at radius 1 is 1.33 bits per heavy atom. The molecule has 30 heavy (non-hydrogen) atoms. The number of piperidine rings is 1. The number of alkyl halides is 1. The highest BCUT2D eigenvalue weighted by atomic mass is 35.5. The molecule has 0 spiro atoms. The maximum Gasteiger partial charge on any atom is 0.407 e. The Morgan fingerprint density at radius 2 is 2.10 bits per heavy atom. The van der Waals surface area contributed by atoms with Crippen LogP contribution in [0.25, 0.3) is 10.2 Å². The molecule has 1 N–H and O–H groups in total. The Labute approximate surface area is 183 Å². The molecule has 1 saturated heterocycles. The zero-order chi connectivity index (χ0) is 21.1. The number of rotatable bonds is 5. The molecule has 4 rings (SSSR count). The van der Waals surface area contributed by atoms with E-state index in [4.69, 9.17) is 16.3 Å². The first-order valence-electron chi connectivity index (χ1n) is 9.98. The van der Waals surface area contributed by atoms with E-state index in [1.165, 1.54) is 11.3 Å². The zero-order valence-electron chi connectivity index (χ0n) is 16.6. The third kappa shape index (κ3) is 4.02. The third-order valence-electron chi connectivity index (χ3n) is 5.47. The molecule has 1 aromatic heterocycles. The molecule has 3 aromatic rings. The van der Waals surface area contributed by atoms with Crippen molar-refractivity contribution in [3.05, 3.63) is 64.1 Å². The van der Waals surface area contributed by atoms with E-state index in [1.807, 2.05) is 12.1 Å². The number of halogens is 2. The van der Waals surface area contributed by atoms with Gasteiger partial charge < -0.3 is 10.1 Å². The lowest BCUT2D eigenvalue weighted by Crippen LogP contribution is -2.52. The number of nitrogens with one attached hydrogen (secondary N) is 1. The van der Waals surface area contributed by atoms with Gasteiger partial charge in [0.15, 0.2) is 0 Å². The van der Waals surface area contributed by atoms with Gasteiger partial charge in [0.1, 0.15) is 0 Å². The molecule has 5 nitrogen and oxygen atoms in total. The molecule has 0 aliphatic carbocycles. The SMILES string of the molecule is CCOC(=O)NC1CCN(C(F)(c2ccc3ncsc3c2)c2ccccc2Cl)CC1. The highest BCUT2D eigenvalue weighted by Crippen LogP contribution is 2.43. The van der Waals surface area contributed by atoms with Crippen LogP contribution in [0.1, 0.15) is 30.9 Å². The van der Waals surface area contributed by atoms with Crippen molar-refractivity contribution in [2.45, 2.75) is 31.6 Å². The summed E-state index contributed by atoms with van der Waals surface area (Å²) in [6.45, 7) is 3.03. The second-order valence-electron chi connectivity index (χ2n) is 7.26. The number of likely N-dealkylation sites (tertiary alicyclic amines) is 1. The fourth-order valence-electron chi connectivity index (χ4n) is 3.97. The van der Waals surface area contributed by atoms with E-state index in [1.54, 1.807) is 47.7 Å². The normalized spacial score (nSPS) is 17.6. The van der Waals surface area contributed by atoms with E-state index < -0.39 is 11.9 Å². The number of carbonyl (C=O) groups is 1. The van der Waals surface area contributed by atoms with Gasteiger partial charge >= 0.3 is 6.09 Å². The Kier molecular flexibility index (Phi) is 6.22. The third-order valence-corrected chi connectivity index (χ3v) is 6.59. The van der Waals surface area contributed by atoms with Crippen LogP contribution in [0.5, 0.6) is 0 Å². The number of aromatic nitrogens is 1. The molecule has 8 heteroatoms. The maximum absolute atomic E-state index is 17.1. The van der Waals surface area contributed by atoms with Crippen molar-refractivity contribution in [3.63, 3.8) is 0 Å². The molecule has 2 aromatic carbocycles. The lowest BCUT2D eigenvalue weighted by Gasteiger charge is -2.42. The van der Waals surface area contributed by atoms with Crippen molar-refractivity contribution in [1.82, 2.24) is 15.2 Å². The van der Waals surface area contributed by atoms with Gasteiger partial charge in [-0.2, -0.15) is 0 Å². The summed E-state index contributed by atoms with van der Waals surface area (Å²) in [6.07, 6.45) is 0.819. The lowest BCUT2D eigenvalue weighted by molar-refractivity contribution is -0.0211. The molecule has 2 heterocycles. The number of alkyl carbamates (subject to hydrolysis) is 1. The number of hydrogen-bond donors (Lipinski definition) is 1. The molecular weight excluding hydrogens is 425 g/mol. The lowest BCUT2D eigenvalue weighted by atomic mass is 9.91. The summed E-state index contributed by atoms with van der Waals surface area (Å²) in [5.74, 6) is -1.88. The van der Waals surface area contributed by atoms with Gasteiger partial charge in [0, 0.05) is 35.3 Å². The molecule has 0 bridgehead atoms. The molecule has 1 atom stereocenters. The second kappa shape index (κ2) is 8.88. The first kappa shape index (κ1) is 21.0. The number of amides is 1. The molecular formula is C22H23ClFN3O2S. The summed E-state index contributed by atoms with van der Waals surface area (Å²) in [5, 5.41) is 3.25. The number of thiazole rings is 1. The van der Waals surface area contributed by atoms with E-state index >= 15 is 4.39 Å². The largest absolute Gasteiger partial charge is 0.450 e. The van der Waals surface area contributed by atoms with Crippen LogP contribution in [-0.4, -0.2) is 41.7 Å². The van der Waals surface area contributed by atoms with Crippen molar-refractivity contribution < 1.29 is 13.9 Å². The number of carbonyl (C=O) groups excluding carboxylic acids is 1. The smallest absolute Gasteiger partial charge is 0.407 e. The molecule has 1 aliphatic heterocycles. The summed E-state index contributed by atoms with van der Waals surface area (Å²) in [7, 11) is 0. The van der Waals surface area contributed by atoms with Gasteiger partial charge in [-0.15, -0.1) is 11.3 Å². The average Bonchev–Trinajstić information content (AvgIpc) is 3.22. The standard InChI is InChI=1S/C22H23ClFN3O2S/c1-2-29-21(28)26-16-9-11-27(12-10-16)22(24,17-5-3-4-6-18(17)23)15-7-8-19-20(13-15)30-14-25-19/h3-8,13-14,16H,2,9-12H2,1H3,(H,26,28). The minimum absolute atomic E-state index is 0.0419. The molecule has 1 unspecified atom stereocenters. The topological polar surface area (TPSA) is 54.5 Å². The zero-order valence-corrected chi connectivity index (χ0v) is 18.2. The fourth-order valence-corrected chi connectivity index (χ4v) is 4.95. The Hall–Kier alpha value is -2.22. The first-order valence-corrected chi connectivity index (χ1v) is 11.2. The number of hydrogen-bond acceptors (Lipinski definition) is 5. The minimum atomic E-state index is -1.88. The van der Waals surface area contributed by atoms with Gasteiger partial charge in [0.25, 0.3) is 0 Å². The van der Waals surface area contributed by atoms with Crippen LogP contribution in [0.15, 0.2) is 48.0 Å². The predicted octanol–water partition coefficient (Wildman–Crippen LogP) is 5.33. The number of nitrogens with zero attached hydrogens (tertiary/aromatic N) is 2. The Morgan fingerprint density at radius 3 is 2.83 bits per heavy atom. The maximum atomic E-state index is 17.1. The van der Waals surface area contributed by atoms with Gasteiger partial charge in [-0.25, -0.2) is 14.2 Å². The minimum Gasteiger partial charge on any atom is -0.450 e. The van der Waals surface area contributed by atoms with Crippen molar-refractivity contribution in [3.8, 4) is 0 Å². The van der Waals surface area contributed by atoms with E-state index in [9.17, 15) is 4.79 Å². The first-order chi connectivity index (χ1) is 14.5. The summed E-state index contributed by atoms with van der Waals surface area (Å²) in [6, 6.07) is 12.5. The van der Waals surface area contributed by atoms with E-state index in [0.29, 0.717) is 48.7 Å². The van der Waals surface area contributed by atoms with Crippen LogP contribution in [0, 0.1) is 0 Å². The van der Waals surface area contributed by atoms with Gasteiger partial charge in [-0.3, -0.25) is 4.90 Å². The van der Waals surface area contributed by atoms with Gasteiger partial charge in [0.05, 0.1) is 22.3 Å². The highest BCUT2D eigenvalue weighted by molar-refractivity contribution is 7.16. The molecule has 0 radical (unpaired) electrons. The predicted molar refractivity (Wildman–Crippen MR) is 118 cm³/mol. The molecule has 0 saturated carbocycles. The number of ether oxygens (including phenoxy) is 1. The quantitative estimate of drug-likeness (QED) is 0.537. The van der Waals surface area contributed by atoms with E-state index in [0.717, 1.165) is 10.2 Å². The highest BCUT2D eigenvalue weighted by Gasteiger charge is 2.44. The van der Waals surface area contributed by atoms with Crippen LogP contribution < -0.4 is 5.32 Å². The van der Waals surface area contributed by atoms with E-state index in [2.05, 4.69) is 10.3 Å². The fraction of sp³-hybridized carbons (Fsp3) is 0.364. The van der Waals surface area contributed by atoms with Gasteiger partial charge in [-0.05, 0) is 38.0 Å². The Bertz CT molecular complexity index is 1040. The monoisotopic (exact) mass is 447 g/mol. The van der Waals surface area contributed by atoms with Crippen LogP contribution in [0.2, 0.25) is 5.02 Å². The summed E-state index contributed by atoms with van der Waals surface area (Å²) < 4.78 is 23.0. The number of benzene rings is 2. The van der Waals surface area contributed by atoms with Crippen LogP contribution in [0.3, 0.4) is 0 Å². The average molecular weight is 448 g/mol. The molecule has 158 valence electrons. The van der Waals surface area contributed by atoms with Gasteiger partial charge in [-0.1, -0.05) is 35.9 Å². The van der Waals surface area contributed by atoms with E-state index in [-0.39, 0.29) is 6.04 Å².